The number of amides is 1. The van der Waals surface area contributed by atoms with Crippen molar-refractivity contribution in [1.29, 1.82) is 0 Å². The molecule has 0 radical (unpaired) electrons. The Morgan fingerprint density at radius 2 is 1.96 bits per heavy atom. The van der Waals surface area contributed by atoms with Gasteiger partial charge in [-0.25, -0.2) is 8.42 Å². The van der Waals surface area contributed by atoms with Crippen molar-refractivity contribution in [2.24, 2.45) is 4.99 Å². The Labute approximate surface area is 169 Å². The third-order valence-corrected chi connectivity index (χ3v) is 7.95. The van der Waals surface area contributed by atoms with Crippen molar-refractivity contribution < 1.29 is 13.2 Å². The Kier molecular flexibility index (Phi) is 5.16. The van der Waals surface area contributed by atoms with Gasteiger partial charge in [0, 0.05) is 16.6 Å². The minimum atomic E-state index is -3.01. The number of hydrogen-bond donors (Lipinski definition) is 1. The second kappa shape index (κ2) is 7.60. The number of aryl methyl sites for hydroxylation is 1. The summed E-state index contributed by atoms with van der Waals surface area (Å²) in [7, 11) is -3.01. The molecule has 146 valence electrons. The second-order valence-electron chi connectivity index (χ2n) is 7.05. The first-order chi connectivity index (χ1) is 13.4. The number of anilines is 2. The van der Waals surface area contributed by atoms with Gasteiger partial charge < -0.3 is 10.2 Å². The van der Waals surface area contributed by atoms with Crippen LogP contribution in [-0.4, -0.2) is 48.8 Å². The zero-order valence-electron chi connectivity index (χ0n) is 15.4. The van der Waals surface area contributed by atoms with Crippen molar-refractivity contribution in [2.45, 2.75) is 18.2 Å². The van der Waals surface area contributed by atoms with E-state index in [4.69, 9.17) is 0 Å². The van der Waals surface area contributed by atoms with Crippen molar-refractivity contribution >= 4 is 44.0 Å². The van der Waals surface area contributed by atoms with Crippen LogP contribution < -0.4 is 10.2 Å². The van der Waals surface area contributed by atoms with Crippen molar-refractivity contribution in [3.63, 3.8) is 0 Å². The zero-order chi connectivity index (χ0) is 19.7. The fourth-order valence-corrected chi connectivity index (χ4v) is 7.20. The molecule has 2 aromatic rings. The number of fused-ring (bicyclic) bond motifs is 1. The summed E-state index contributed by atoms with van der Waals surface area (Å²) in [5.41, 5.74) is 2.68. The van der Waals surface area contributed by atoms with Gasteiger partial charge in [0.1, 0.15) is 6.54 Å². The molecule has 2 aliphatic rings. The highest BCUT2D eigenvalue weighted by Gasteiger charge is 2.44. The fraction of sp³-hybridized carbons (Fsp3) is 0.300. The van der Waals surface area contributed by atoms with E-state index in [1.165, 1.54) is 11.8 Å². The number of carbonyl (C=O) groups is 1. The number of hydrogen-bond acceptors (Lipinski definition) is 6. The van der Waals surface area contributed by atoms with Crippen molar-refractivity contribution in [3.8, 4) is 0 Å². The molecule has 0 aromatic heterocycles. The van der Waals surface area contributed by atoms with Crippen LogP contribution in [0.2, 0.25) is 0 Å². The molecule has 0 aliphatic carbocycles. The first-order valence-corrected chi connectivity index (χ1v) is 11.7. The van der Waals surface area contributed by atoms with Crippen molar-refractivity contribution in [3.05, 3.63) is 60.2 Å². The van der Waals surface area contributed by atoms with Gasteiger partial charge in [-0.3, -0.25) is 9.79 Å². The number of amidine groups is 1. The van der Waals surface area contributed by atoms with E-state index < -0.39 is 9.84 Å². The fourth-order valence-electron chi connectivity index (χ4n) is 3.42. The van der Waals surface area contributed by atoms with Crippen LogP contribution >= 0.6 is 11.8 Å². The van der Waals surface area contributed by atoms with E-state index in [9.17, 15) is 13.2 Å². The van der Waals surface area contributed by atoms with E-state index in [0.29, 0.717) is 5.17 Å². The largest absolute Gasteiger partial charge is 0.325 e. The average Bonchev–Trinajstić information content (AvgIpc) is 3.14. The number of nitrogens with one attached hydrogen (secondary N) is 1. The molecule has 4 rings (SSSR count). The molecule has 1 saturated heterocycles. The SMILES string of the molecule is Cc1cccc(NC(=O)CN(C2=N[C@@H]3CS(=O)(=O)C[C@@H]3S2)c2ccccc2)c1. The van der Waals surface area contributed by atoms with Crippen LogP contribution in [0.1, 0.15) is 5.56 Å². The van der Waals surface area contributed by atoms with Crippen LogP contribution in [0.15, 0.2) is 59.6 Å². The lowest BCUT2D eigenvalue weighted by atomic mass is 10.2. The molecule has 8 heteroatoms. The Hall–Kier alpha value is -2.32. The lowest BCUT2D eigenvalue weighted by Gasteiger charge is -2.24. The summed E-state index contributed by atoms with van der Waals surface area (Å²) < 4.78 is 23.7. The maximum absolute atomic E-state index is 12.7. The molecule has 0 bridgehead atoms. The molecule has 1 N–H and O–H groups in total. The highest BCUT2D eigenvalue weighted by molar-refractivity contribution is 8.15. The third kappa shape index (κ3) is 4.23. The summed E-state index contributed by atoms with van der Waals surface area (Å²) >= 11 is 1.45. The average molecular weight is 416 g/mol. The lowest BCUT2D eigenvalue weighted by Crippen LogP contribution is -2.36. The zero-order valence-corrected chi connectivity index (χ0v) is 17.0. The summed E-state index contributed by atoms with van der Waals surface area (Å²) in [6, 6.07) is 17.0. The molecule has 2 heterocycles. The van der Waals surface area contributed by atoms with Crippen LogP contribution in [0.4, 0.5) is 11.4 Å². The minimum Gasteiger partial charge on any atom is -0.325 e. The molecule has 6 nitrogen and oxygen atoms in total. The summed E-state index contributed by atoms with van der Waals surface area (Å²) in [5, 5.41) is 3.57. The molecular formula is C20H21N3O3S2. The molecule has 0 unspecified atom stereocenters. The monoisotopic (exact) mass is 415 g/mol. The van der Waals surface area contributed by atoms with Gasteiger partial charge in [-0.1, -0.05) is 42.1 Å². The van der Waals surface area contributed by atoms with E-state index >= 15 is 0 Å². The number of nitrogens with zero attached hydrogens (tertiary/aromatic N) is 2. The number of aliphatic imine (C=N–C) groups is 1. The summed E-state index contributed by atoms with van der Waals surface area (Å²) in [5.74, 6) is 0.0853. The number of carbonyl (C=O) groups excluding carboxylic acids is 1. The number of rotatable bonds is 4. The molecule has 2 atom stereocenters. The molecule has 2 aliphatic heterocycles. The predicted octanol–water partition coefficient (Wildman–Crippen LogP) is 2.71. The van der Waals surface area contributed by atoms with Gasteiger partial charge in [0.25, 0.3) is 0 Å². The van der Waals surface area contributed by atoms with Gasteiger partial charge in [-0.05, 0) is 36.8 Å². The first-order valence-electron chi connectivity index (χ1n) is 9.04. The van der Waals surface area contributed by atoms with E-state index in [2.05, 4.69) is 10.3 Å². The maximum atomic E-state index is 12.7. The van der Waals surface area contributed by atoms with Crippen LogP contribution in [0.3, 0.4) is 0 Å². The maximum Gasteiger partial charge on any atom is 0.244 e. The Morgan fingerprint density at radius 3 is 2.68 bits per heavy atom. The van der Waals surface area contributed by atoms with Crippen LogP contribution in [0.5, 0.6) is 0 Å². The number of thioether (sulfide) groups is 1. The van der Waals surface area contributed by atoms with Gasteiger partial charge in [0.05, 0.1) is 17.5 Å². The summed E-state index contributed by atoms with van der Waals surface area (Å²) in [4.78, 5) is 19.2. The molecule has 1 fully saturated rings. The topological polar surface area (TPSA) is 78.8 Å². The molecule has 1 amide bonds. The summed E-state index contributed by atoms with van der Waals surface area (Å²) in [6.07, 6.45) is 0. The lowest BCUT2D eigenvalue weighted by molar-refractivity contribution is -0.114. The molecule has 0 saturated carbocycles. The van der Waals surface area contributed by atoms with Gasteiger partial charge in [-0.15, -0.1) is 0 Å². The smallest absolute Gasteiger partial charge is 0.244 e. The predicted molar refractivity (Wildman–Crippen MR) is 115 cm³/mol. The molecule has 2 aromatic carbocycles. The van der Waals surface area contributed by atoms with Crippen LogP contribution in [-0.2, 0) is 14.6 Å². The highest BCUT2D eigenvalue weighted by atomic mass is 32.2. The number of sulfone groups is 1. The molecule has 28 heavy (non-hydrogen) atoms. The van der Waals surface area contributed by atoms with Crippen LogP contribution in [0, 0.1) is 6.92 Å². The van der Waals surface area contributed by atoms with E-state index in [1.54, 1.807) is 0 Å². The minimum absolute atomic E-state index is 0.0638. The Bertz CT molecular complexity index is 1020. The van der Waals surface area contributed by atoms with Gasteiger partial charge in [0.15, 0.2) is 15.0 Å². The first kappa shape index (κ1) is 19.0. The normalized spacial score (nSPS) is 22.4. The molecule has 0 spiro atoms. The van der Waals surface area contributed by atoms with Crippen LogP contribution in [0.25, 0.3) is 0 Å². The van der Waals surface area contributed by atoms with Gasteiger partial charge in [-0.2, -0.15) is 0 Å². The second-order valence-corrected chi connectivity index (χ2v) is 10.4. The van der Waals surface area contributed by atoms with Gasteiger partial charge >= 0.3 is 0 Å². The van der Waals surface area contributed by atoms with E-state index in [1.807, 2.05) is 66.4 Å². The third-order valence-electron chi connectivity index (χ3n) is 4.71. The van der Waals surface area contributed by atoms with E-state index in [-0.39, 0.29) is 35.2 Å². The van der Waals surface area contributed by atoms with Crippen molar-refractivity contribution in [1.82, 2.24) is 0 Å². The van der Waals surface area contributed by atoms with Crippen molar-refractivity contribution in [2.75, 3.05) is 28.3 Å². The number of para-hydroxylation sites is 1. The van der Waals surface area contributed by atoms with E-state index in [0.717, 1.165) is 16.9 Å². The standard InChI is InChI=1S/C20H21N3O3S2/c1-14-6-5-7-15(10-14)21-19(24)11-23(16-8-3-2-4-9-16)20-22-17-12-28(25,26)13-18(17)27-20/h2-10,17-18H,11-13H2,1H3,(H,21,24)/t17-,18+/m1/s1. The Balaban J connectivity index is 1.55. The molecular weight excluding hydrogens is 394 g/mol. The summed E-state index contributed by atoms with van der Waals surface area (Å²) in [6.45, 7) is 2.08. The quantitative estimate of drug-likeness (QED) is 0.831. The number of benzene rings is 2. The van der Waals surface area contributed by atoms with Gasteiger partial charge in [0.2, 0.25) is 5.91 Å². The highest BCUT2D eigenvalue weighted by Crippen LogP contribution is 2.36. The Morgan fingerprint density at radius 1 is 1.18 bits per heavy atom.